The molecular weight excluding hydrogens is 398 g/mol. The molecule has 2 aromatic heterocycles. The molecule has 0 fully saturated rings. The average Bonchev–Trinajstić information content (AvgIpc) is 3.13. The number of benzene rings is 2. The Morgan fingerprint density at radius 2 is 1.86 bits per heavy atom. The number of fused-ring (bicyclic) bond motifs is 4. The first kappa shape index (κ1) is 17.2. The third-order valence-electron chi connectivity index (χ3n) is 5.00. The first-order chi connectivity index (χ1) is 13.4. The summed E-state index contributed by atoms with van der Waals surface area (Å²) in [6.07, 6.45) is 2.31. The maximum Gasteiger partial charge on any atom is 0.281 e. The number of para-hydroxylation sites is 1. The molecule has 6 nitrogen and oxygen atoms in total. The summed E-state index contributed by atoms with van der Waals surface area (Å²) in [7, 11) is -3.79. The molecule has 5 rings (SSSR count). The molecule has 2 aromatic carbocycles. The molecule has 140 valence electrons. The van der Waals surface area contributed by atoms with E-state index in [0.717, 1.165) is 5.56 Å². The summed E-state index contributed by atoms with van der Waals surface area (Å²) in [6.45, 7) is 0.379. The lowest BCUT2D eigenvalue weighted by molar-refractivity contribution is 0.592. The number of rotatable bonds is 2. The fourth-order valence-corrected chi connectivity index (χ4v) is 5.35. The van der Waals surface area contributed by atoms with Gasteiger partial charge in [-0.15, -0.1) is 0 Å². The van der Waals surface area contributed by atoms with Gasteiger partial charge in [0.1, 0.15) is 5.65 Å². The van der Waals surface area contributed by atoms with Crippen molar-refractivity contribution in [3.8, 4) is 0 Å². The lowest BCUT2D eigenvalue weighted by Gasteiger charge is -2.20. The minimum atomic E-state index is -3.79. The molecule has 0 saturated carbocycles. The standard InChI is InChI=1S/C20H14ClN3O3S/c21-14-5-8-19-22-20(25)16-11-15(6-7-18(16)23(19)12-14)28(26,27)24-10-9-13-3-1-2-4-17(13)24/h1-8,11-12H,9-10H2. The summed E-state index contributed by atoms with van der Waals surface area (Å²) in [6, 6.07) is 15.3. The van der Waals surface area contributed by atoms with Crippen LogP contribution in [0.15, 0.2) is 70.5 Å². The van der Waals surface area contributed by atoms with Gasteiger partial charge in [-0.25, -0.2) is 8.42 Å². The first-order valence-corrected chi connectivity index (χ1v) is 10.5. The first-order valence-electron chi connectivity index (χ1n) is 8.67. The zero-order valence-electron chi connectivity index (χ0n) is 14.5. The van der Waals surface area contributed by atoms with Crippen molar-refractivity contribution in [1.29, 1.82) is 0 Å². The van der Waals surface area contributed by atoms with Crippen LogP contribution in [0.1, 0.15) is 5.56 Å². The predicted octanol–water partition coefficient (Wildman–Crippen LogP) is 3.25. The van der Waals surface area contributed by atoms with Crippen LogP contribution in [0.4, 0.5) is 5.69 Å². The summed E-state index contributed by atoms with van der Waals surface area (Å²) in [5.41, 5.74) is 2.21. The highest BCUT2D eigenvalue weighted by Crippen LogP contribution is 2.33. The Morgan fingerprint density at radius 1 is 1.04 bits per heavy atom. The molecule has 0 amide bonds. The van der Waals surface area contributed by atoms with E-state index in [1.165, 1.54) is 16.4 Å². The molecule has 0 spiro atoms. The molecule has 1 aliphatic heterocycles. The van der Waals surface area contributed by atoms with E-state index < -0.39 is 15.6 Å². The van der Waals surface area contributed by atoms with Crippen molar-refractivity contribution in [1.82, 2.24) is 9.38 Å². The van der Waals surface area contributed by atoms with Crippen molar-refractivity contribution in [3.05, 3.63) is 81.7 Å². The summed E-state index contributed by atoms with van der Waals surface area (Å²) in [4.78, 5) is 16.6. The van der Waals surface area contributed by atoms with Gasteiger partial charge in [-0.2, -0.15) is 4.98 Å². The molecule has 0 aliphatic carbocycles. The molecule has 0 N–H and O–H groups in total. The van der Waals surface area contributed by atoms with Gasteiger partial charge in [0.2, 0.25) is 0 Å². The SMILES string of the molecule is O=c1nc2ccc(Cl)cn2c2ccc(S(=O)(=O)N3CCc4ccccc43)cc12. The molecule has 4 aromatic rings. The van der Waals surface area contributed by atoms with Gasteiger partial charge in [0.05, 0.1) is 26.5 Å². The van der Waals surface area contributed by atoms with Crippen LogP contribution >= 0.6 is 11.6 Å². The minimum Gasteiger partial charge on any atom is -0.299 e. The molecular formula is C20H14ClN3O3S. The van der Waals surface area contributed by atoms with E-state index in [2.05, 4.69) is 4.98 Å². The molecule has 28 heavy (non-hydrogen) atoms. The Balaban J connectivity index is 1.71. The van der Waals surface area contributed by atoms with Crippen LogP contribution in [-0.2, 0) is 16.4 Å². The predicted molar refractivity (Wildman–Crippen MR) is 109 cm³/mol. The topological polar surface area (TPSA) is 71.8 Å². The van der Waals surface area contributed by atoms with E-state index in [9.17, 15) is 13.2 Å². The number of hydrogen-bond acceptors (Lipinski definition) is 4. The Bertz CT molecular complexity index is 1430. The van der Waals surface area contributed by atoms with Crippen LogP contribution in [0.25, 0.3) is 16.6 Å². The van der Waals surface area contributed by atoms with Crippen LogP contribution in [0.5, 0.6) is 0 Å². The van der Waals surface area contributed by atoms with Gasteiger partial charge >= 0.3 is 0 Å². The Hall–Kier alpha value is -2.90. The highest BCUT2D eigenvalue weighted by Gasteiger charge is 2.30. The van der Waals surface area contributed by atoms with Gasteiger partial charge in [0.15, 0.2) is 0 Å². The summed E-state index contributed by atoms with van der Waals surface area (Å²) < 4.78 is 29.6. The molecule has 3 heterocycles. The van der Waals surface area contributed by atoms with Crippen molar-refractivity contribution >= 4 is 43.9 Å². The largest absolute Gasteiger partial charge is 0.299 e. The summed E-state index contributed by atoms with van der Waals surface area (Å²) in [5.74, 6) is 0. The molecule has 0 saturated heterocycles. The Kier molecular flexibility index (Phi) is 3.72. The van der Waals surface area contributed by atoms with Crippen LogP contribution in [0.3, 0.4) is 0 Å². The summed E-state index contributed by atoms with van der Waals surface area (Å²) in [5, 5.41) is 0.720. The normalized spacial score (nSPS) is 14.0. The fraction of sp³-hybridized carbons (Fsp3) is 0.100. The summed E-state index contributed by atoms with van der Waals surface area (Å²) >= 11 is 6.07. The van der Waals surface area contributed by atoms with Crippen LogP contribution < -0.4 is 9.86 Å². The van der Waals surface area contributed by atoms with Crippen molar-refractivity contribution in [2.24, 2.45) is 0 Å². The van der Waals surface area contributed by atoms with E-state index in [1.807, 2.05) is 18.2 Å². The van der Waals surface area contributed by atoms with Crippen molar-refractivity contribution < 1.29 is 8.42 Å². The van der Waals surface area contributed by atoms with Crippen molar-refractivity contribution in [3.63, 3.8) is 0 Å². The molecule has 0 unspecified atom stereocenters. The molecule has 0 radical (unpaired) electrons. The highest BCUT2D eigenvalue weighted by molar-refractivity contribution is 7.92. The lowest BCUT2D eigenvalue weighted by atomic mass is 10.2. The number of pyridine rings is 1. The zero-order valence-corrected chi connectivity index (χ0v) is 16.1. The zero-order chi connectivity index (χ0) is 19.5. The number of halogens is 1. The Labute approximate surface area is 165 Å². The van der Waals surface area contributed by atoms with E-state index in [1.54, 1.807) is 34.9 Å². The maximum atomic E-state index is 13.2. The quantitative estimate of drug-likeness (QED) is 0.475. The number of sulfonamides is 1. The van der Waals surface area contributed by atoms with Gasteiger partial charge in [-0.1, -0.05) is 29.8 Å². The average molecular weight is 412 g/mol. The molecule has 0 bridgehead atoms. The van der Waals surface area contributed by atoms with Crippen LogP contribution in [0.2, 0.25) is 5.02 Å². The van der Waals surface area contributed by atoms with Crippen molar-refractivity contribution in [2.45, 2.75) is 11.3 Å². The maximum absolute atomic E-state index is 13.2. The van der Waals surface area contributed by atoms with Gasteiger partial charge in [0.25, 0.3) is 15.6 Å². The number of anilines is 1. The molecule has 8 heteroatoms. The van der Waals surface area contributed by atoms with E-state index in [4.69, 9.17) is 11.6 Å². The highest BCUT2D eigenvalue weighted by atomic mass is 35.5. The van der Waals surface area contributed by atoms with Crippen molar-refractivity contribution in [2.75, 3.05) is 10.8 Å². The Morgan fingerprint density at radius 3 is 2.71 bits per heavy atom. The fourth-order valence-electron chi connectivity index (χ4n) is 3.66. The number of aromatic nitrogens is 2. The van der Waals surface area contributed by atoms with Gasteiger partial charge < -0.3 is 0 Å². The monoisotopic (exact) mass is 411 g/mol. The second-order valence-electron chi connectivity index (χ2n) is 6.63. The lowest BCUT2D eigenvalue weighted by Crippen LogP contribution is -2.29. The molecule has 1 aliphatic rings. The third-order valence-corrected chi connectivity index (χ3v) is 7.03. The van der Waals surface area contributed by atoms with Crippen LogP contribution in [0, 0.1) is 0 Å². The van der Waals surface area contributed by atoms with Gasteiger partial charge in [-0.3, -0.25) is 13.5 Å². The number of nitrogens with zero attached hydrogens (tertiary/aromatic N) is 3. The van der Waals surface area contributed by atoms with E-state index in [-0.39, 0.29) is 10.3 Å². The second-order valence-corrected chi connectivity index (χ2v) is 8.93. The number of hydrogen-bond donors (Lipinski definition) is 0. The molecule has 0 atom stereocenters. The van der Waals surface area contributed by atoms with Crippen LogP contribution in [-0.4, -0.2) is 24.3 Å². The van der Waals surface area contributed by atoms with E-state index in [0.29, 0.717) is 34.8 Å². The van der Waals surface area contributed by atoms with E-state index >= 15 is 0 Å². The van der Waals surface area contributed by atoms with Gasteiger partial charge in [-0.05, 0) is 48.4 Å². The second kappa shape index (κ2) is 6.05. The third kappa shape index (κ3) is 2.51. The minimum absolute atomic E-state index is 0.0672. The smallest absolute Gasteiger partial charge is 0.281 e. The van der Waals surface area contributed by atoms with Gasteiger partial charge in [0, 0.05) is 12.7 Å².